The molecule has 6 aliphatic heterocycles. The molecule has 6 saturated heterocycles. The molecule has 36 atom stereocenters. The smallest absolute Gasteiger partial charge is 0.335 e. The summed E-state index contributed by atoms with van der Waals surface area (Å²) in [6, 6.07) is 12.9. The van der Waals surface area contributed by atoms with Crippen molar-refractivity contribution in [2.75, 3.05) is 26.4 Å². The van der Waals surface area contributed by atoms with E-state index in [1.165, 1.54) is 44.2 Å². The first-order valence-corrected chi connectivity index (χ1v) is 38.9. The van der Waals surface area contributed by atoms with Crippen molar-refractivity contribution < 1.29 is 172 Å². The summed E-state index contributed by atoms with van der Waals surface area (Å²) in [5.74, 6) is -6.32. The van der Waals surface area contributed by atoms with Crippen LogP contribution >= 0.6 is 0 Å². The minimum Gasteiger partial charge on any atom is -0.504 e. The Morgan fingerprint density at radius 2 is 1.12 bits per heavy atom. The summed E-state index contributed by atoms with van der Waals surface area (Å²) in [7, 11) is 0. The van der Waals surface area contributed by atoms with Crippen LogP contribution in [-0.2, 0) is 85.5 Å². The summed E-state index contributed by atoms with van der Waals surface area (Å²) >= 11 is 0. The number of carbonyl (C=O) groups is 4. The Balaban J connectivity index is 0.821. The Morgan fingerprint density at radius 3 is 1.75 bits per heavy atom. The summed E-state index contributed by atoms with van der Waals surface area (Å²) in [6.07, 6.45) is -43.3. The molecular weight excluding hydrogens is 1510 g/mol. The third-order valence-electron chi connectivity index (χ3n) is 28.0. The largest absolute Gasteiger partial charge is 0.504 e. The van der Waals surface area contributed by atoms with Gasteiger partial charge in [0.1, 0.15) is 115 Å². The first-order valence-electron chi connectivity index (χ1n) is 38.9. The monoisotopic (exact) mass is 1620 g/mol. The molecule has 35 heteroatoms. The van der Waals surface area contributed by atoms with Crippen LogP contribution in [0, 0.1) is 50.2 Å². The van der Waals surface area contributed by atoms with Gasteiger partial charge in [-0.25, -0.2) is 14.4 Å². The average Bonchev–Trinajstić information content (AvgIpc) is 1.42. The highest BCUT2D eigenvalue weighted by Gasteiger charge is 2.87. The molecule has 13 rings (SSSR count). The molecule has 0 amide bonds. The maximum Gasteiger partial charge on any atom is 0.335 e. The second-order valence-electron chi connectivity index (χ2n) is 35.0. The lowest BCUT2D eigenvalue weighted by molar-refractivity contribution is -0.409. The van der Waals surface area contributed by atoms with E-state index < -0.39 is 272 Å². The van der Waals surface area contributed by atoms with E-state index in [9.17, 15) is 106 Å². The van der Waals surface area contributed by atoms with E-state index in [1.807, 2.05) is 33.8 Å². The van der Waals surface area contributed by atoms with Gasteiger partial charge in [-0.2, -0.15) is 0 Å². The van der Waals surface area contributed by atoms with Gasteiger partial charge in [0, 0.05) is 35.8 Å². The van der Waals surface area contributed by atoms with E-state index in [0.29, 0.717) is 43.2 Å². The molecule has 3 unspecified atom stereocenters. The Hall–Kier alpha value is -5.60. The van der Waals surface area contributed by atoms with Crippen molar-refractivity contribution >= 4 is 36.0 Å². The number of carboxylic acids is 1. The number of aliphatic hydroxyl groups excluding tert-OH is 13. The van der Waals surface area contributed by atoms with E-state index in [2.05, 4.69) is 20.8 Å². The number of carboxylic acid groups (broad SMARTS) is 1. The zero-order valence-corrected chi connectivity index (χ0v) is 64.7. The lowest BCUT2D eigenvalue weighted by Gasteiger charge is -2.75. The average molecular weight is 1620 g/mol. The van der Waals surface area contributed by atoms with E-state index in [-0.39, 0.29) is 36.8 Å². The normalized spacial score (nSPS) is 47.5. The third-order valence-corrected chi connectivity index (χ3v) is 28.0. The highest BCUT2D eigenvalue weighted by atomic mass is 16.8. The zero-order chi connectivity index (χ0) is 82.8. The lowest BCUT2D eigenvalue weighted by atomic mass is 9.30. The number of hydrogen-bond donors (Lipinski definition) is 17. The third kappa shape index (κ3) is 14.5. The van der Waals surface area contributed by atoms with Crippen molar-refractivity contribution in [1.82, 2.24) is 0 Å². The van der Waals surface area contributed by atoms with Crippen LogP contribution in [0.5, 0.6) is 11.5 Å². The quantitative estimate of drug-likeness (QED) is 0.0234. The number of hydrogen-bond acceptors (Lipinski definition) is 34. The number of esters is 3. The Labute approximate surface area is 656 Å². The van der Waals surface area contributed by atoms with Gasteiger partial charge in [0.25, 0.3) is 0 Å². The van der Waals surface area contributed by atoms with Crippen molar-refractivity contribution in [2.45, 2.75) is 291 Å². The fourth-order valence-corrected chi connectivity index (χ4v) is 21.9. The number of fused-ring (bicyclic) bond motifs is 4. The van der Waals surface area contributed by atoms with Crippen LogP contribution in [0.15, 0.2) is 60.7 Å². The number of benzene rings is 2. The number of aromatic hydroxyl groups is 2. The van der Waals surface area contributed by atoms with E-state index in [4.69, 9.17) is 66.3 Å². The molecule has 1 spiro atoms. The number of phenols is 2. The highest BCUT2D eigenvalue weighted by molar-refractivity contribution is 5.88. The van der Waals surface area contributed by atoms with Crippen molar-refractivity contribution in [2.24, 2.45) is 50.2 Å². The highest BCUT2D eigenvalue weighted by Crippen LogP contribution is 2.82. The molecule has 6 heterocycles. The van der Waals surface area contributed by atoms with Gasteiger partial charge in [-0.05, 0) is 122 Å². The first kappa shape index (κ1) is 86.3. The van der Waals surface area contributed by atoms with Gasteiger partial charge in [0.2, 0.25) is 0 Å². The molecule has 636 valence electrons. The van der Waals surface area contributed by atoms with Gasteiger partial charge in [0.15, 0.2) is 61.4 Å². The van der Waals surface area contributed by atoms with E-state index in [1.54, 1.807) is 30.3 Å². The second kappa shape index (κ2) is 32.2. The van der Waals surface area contributed by atoms with Crippen LogP contribution in [0.25, 0.3) is 12.2 Å². The Bertz CT molecular complexity index is 3840. The summed E-state index contributed by atoms with van der Waals surface area (Å²) < 4.78 is 88.7. The maximum atomic E-state index is 14.6. The number of phenolic OH excluding ortho intramolecular Hbond substituents is 2. The SMILES string of the molecule is CC(=O)O[C@@H]1C[C@]2(C)[C@@]3(CCC4[C@@]5(C)CC[C@H](O[C@@H]6O[C@H](C(=O)O)[C@@H](O)[C@H](O[C@@H]7O[C@H](CO)[C@H](O)[C@H](O)[C@H]7O[C@@H]7O[C@@H](C)[C@H](O)[C@@H](O)[C@H]7O[C@@H]7OC[C@](O)(CO)[C@H]7O)[C@H]6O[C@@H]6O[C@H](CO)[C@H](O)[C@H](O)[C@H]6O)C(C)(C)C5CC[C@]42C)O[C@@H](O)[C@]12C3CC(C)(C)[C@@H](OC(=O)/C=C/c1ccc(O)c(O)c1)[C@@H]2OC(=O)/C=C/c1ccccc1. The van der Waals surface area contributed by atoms with Crippen LogP contribution in [-0.4, -0.2) is 314 Å². The summed E-state index contributed by atoms with van der Waals surface area (Å²) in [4.78, 5) is 56.4. The zero-order valence-electron chi connectivity index (χ0n) is 64.7. The molecule has 2 aromatic carbocycles. The maximum absolute atomic E-state index is 14.6. The molecule has 11 aliphatic rings. The minimum atomic E-state index is -2.40. The number of rotatable bonds is 21. The van der Waals surface area contributed by atoms with Gasteiger partial charge in [-0.15, -0.1) is 0 Å². The molecule has 5 saturated carbocycles. The van der Waals surface area contributed by atoms with Gasteiger partial charge in [-0.3, -0.25) is 4.79 Å². The predicted molar refractivity (Wildman–Crippen MR) is 383 cm³/mol. The van der Waals surface area contributed by atoms with Crippen LogP contribution in [0.4, 0.5) is 0 Å². The molecule has 2 aromatic rings. The van der Waals surface area contributed by atoms with Gasteiger partial charge < -0.3 is 153 Å². The molecule has 11 fully saturated rings. The Kier molecular flexibility index (Phi) is 24.3. The number of aliphatic carboxylic acids is 1. The molecule has 17 N–H and O–H groups in total. The number of carbonyl (C=O) groups excluding carboxylic acids is 3. The molecule has 5 aliphatic carbocycles. The standard InChI is InChI=1S/C79H110O35/c1-34-49(88)53(92)59(112-70-62(96)77(100,32-82)33-101-70)67(102-34)111-60-54(93)51(90)41(31-81)105-68(60)109-57-56(95)58(65(97)98)110-69(61(57)113-66-55(94)52(91)50(89)40(30-80)104-66)106-45-23-24-74(7)42(73(45,5)6)21-25-75(8)43(74)22-26-78-44-28-72(3,4)63(107-47(86)20-17-37-15-18-38(84)39(85)27-37)64(108-48(87)19-16-36-13-11-10-12-14-36)79(44,71(99)114-78)46(103-35(2)83)29-76(75,78)9/h10-20,27,34,40-46,49-64,66-71,80-82,84-85,88-96,99-100H,21-26,28-33H2,1-9H3,(H,97,98)/b19-16+,20-17+/t34-,40+,41+,42?,43?,44?,45-,46+,49-,50-,51-,52-,53+,54-,55+,56-,57-,58-,59+,60+,61+,62-,63-,64-,66-,67-,68-,69+,70-,71+,74-,75+,76-,77+,78-,79+/m0/s1. The van der Waals surface area contributed by atoms with Crippen molar-refractivity contribution in [3.8, 4) is 11.5 Å². The number of ether oxygens (including phenoxy) is 14. The Morgan fingerprint density at radius 1 is 0.544 bits per heavy atom. The van der Waals surface area contributed by atoms with Crippen molar-refractivity contribution in [1.29, 1.82) is 0 Å². The molecule has 114 heavy (non-hydrogen) atoms. The van der Waals surface area contributed by atoms with Crippen LogP contribution in [0.2, 0.25) is 0 Å². The summed E-state index contributed by atoms with van der Waals surface area (Å²) in [5, 5.41) is 190. The predicted octanol–water partition coefficient (Wildman–Crippen LogP) is -0.995. The topological polar surface area (TPSA) is 541 Å². The lowest BCUT2D eigenvalue weighted by Crippen LogP contribution is -2.77. The van der Waals surface area contributed by atoms with Gasteiger partial charge in [-0.1, -0.05) is 84.9 Å². The van der Waals surface area contributed by atoms with Crippen LogP contribution in [0.3, 0.4) is 0 Å². The molecule has 0 aromatic heterocycles. The van der Waals surface area contributed by atoms with Gasteiger partial charge in [0.05, 0.1) is 44.2 Å². The summed E-state index contributed by atoms with van der Waals surface area (Å²) in [5.41, 5.74) is -8.71. The van der Waals surface area contributed by atoms with Crippen molar-refractivity contribution in [3.05, 3.63) is 71.8 Å². The second-order valence-corrected chi connectivity index (χ2v) is 35.0. The van der Waals surface area contributed by atoms with Crippen LogP contribution < -0.4 is 0 Å². The molecule has 2 bridgehead atoms. The van der Waals surface area contributed by atoms with Crippen LogP contribution in [0.1, 0.15) is 125 Å². The molecular formula is C79H110O35. The minimum absolute atomic E-state index is 0.0601. The number of aliphatic hydroxyl groups is 14. The summed E-state index contributed by atoms with van der Waals surface area (Å²) in [6.45, 7) is 13.0. The van der Waals surface area contributed by atoms with Crippen molar-refractivity contribution in [3.63, 3.8) is 0 Å². The fraction of sp³-hybridized carbons (Fsp3) is 0.747. The van der Waals surface area contributed by atoms with E-state index >= 15 is 0 Å². The fourth-order valence-electron chi connectivity index (χ4n) is 21.9. The van der Waals surface area contributed by atoms with Gasteiger partial charge >= 0.3 is 23.9 Å². The molecule has 35 nitrogen and oxygen atoms in total. The molecule has 0 radical (unpaired) electrons. The van der Waals surface area contributed by atoms with E-state index in [0.717, 1.165) is 6.08 Å². The first-order chi connectivity index (χ1) is 53.6.